The molecule has 6 heteroatoms. The van der Waals surface area contributed by atoms with Crippen molar-refractivity contribution >= 4 is 28.9 Å². The van der Waals surface area contributed by atoms with Crippen molar-refractivity contribution in [3.05, 3.63) is 22.4 Å². The van der Waals surface area contributed by atoms with Gasteiger partial charge in [0.2, 0.25) is 5.91 Å². The van der Waals surface area contributed by atoms with Crippen LogP contribution in [-0.2, 0) is 9.59 Å². The Morgan fingerprint density at radius 1 is 1.56 bits per heavy atom. The number of carboxylic acids is 1. The first-order valence-electron chi connectivity index (χ1n) is 4.80. The lowest BCUT2D eigenvalue weighted by molar-refractivity contribution is -0.144. The fraction of sp³-hybridized carbons (Fsp3) is 0.300. The van der Waals surface area contributed by atoms with E-state index in [2.05, 4.69) is 5.10 Å². The lowest BCUT2D eigenvalue weighted by Crippen LogP contribution is -2.35. The van der Waals surface area contributed by atoms with Crippen molar-refractivity contribution in [3.63, 3.8) is 0 Å². The summed E-state index contributed by atoms with van der Waals surface area (Å²) in [5, 5.41) is 15.7. The monoisotopic (exact) mass is 238 g/mol. The number of carbonyl (C=O) groups excluding carboxylic acids is 1. The SMILES string of the molecule is O=C(O)CN1N=C(c2cccs2)CCC1=O. The maximum atomic E-state index is 11.4. The van der Waals surface area contributed by atoms with Gasteiger partial charge in [0, 0.05) is 12.8 Å². The van der Waals surface area contributed by atoms with E-state index in [1.165, 1.54) is 11.3 Å². The Morgan fingerprint density at radius 2 is 2.38 bits per heavy atom. The molecule has 0 bridgehead atoms. The summed E-state index contributed by atoms with van der Waals surface area (Å²) in [5.74, 6) is -1.28. The average molecular weight is 238 g/mol. The quantitative estimate of drug-likeness (QED) is 0.859. The van der Waals surface area contributed by atoms with Crippen molar-refractivity contribution < 1.29 is 14.7 Å². The summed E-state index contributed by atoms with van der Waals surface area (Å²) in [6, 6.07) is 3.82. The molecule has 1 N–H and O–H groups in total. The van der Waals surface area contributed by atoms with Crippen molar-refractivity contribution in [2.24, 2.45) is 5.10 Å². The molecule has 2 rings (SSSR count). The fourth-order valence-corrected chi connectivity index (χ4v) is 2.21. The smallest absolute Gasteiger partial charge is 0.325 e. The Bertz CT molecular complexity index is 439. The van der Waals surface area contributed by atoms with Crippen LogP contribution in [-0.4, -0.2) is 34.2 Å². The Balaban J connectivity index is 2.21. The predicted octanol–water partition coefficient (Wildman–Crippen LogP) is 1.16. The van der Waals surface area contributed by atoms with E-state index in [1.807, 2.05) is 17.5 Å². The highest BCUT2D eigenvalue weighted by Crippen LogP contribution is 2.18. The largest absolute Gasteiger partial charge is 0.480 e. The van der Waals surface area contributed by atoms with Gasteiger partial charge in [-0.15, -0.1) is 11.3 Å². The summed E-state index contributed by atoms with van der Waals surface area (Å²) in [4.78, 5) is 22.9. The highest BCUT2D eigenvalue weighted by atomic mass is 32.1. The van der Waals surface area contributed by atoms with Crippen LogP contribution in [0.2, 0.25) is 0 Å². The third kappa shape index (κ3) is 2.27. The lowest BCUT2D eigenvalue weighted by Gasteiger charge is -2.21. The number of carboxylic acid groups (broad SMARTS) is 1. The highest BCUT2D eigenvalue weighted by Gasteiger charge is 2.23. The molecule has 0 saturated carbocycles. The third-order valence-electron chi connectivity index (χ3n) is 2.20. The molecule has 1 aromatic heterocycles. The van der Waals surface area contributed by atoms with Crippen LogP contribution in [0.5, 0.6) is 0 Å². The molecule has 0 fully saturated rings. The maximum Gasteiger partial charge on any atom is 0.325 e. The minimum absolute atomic E-state index is 0.234. The number of hydrogen-bond donors (Lipinski definition) is 1. The molecule has 0 atom stereocenters. The molecule has 1 aliphatic rings. The summed E-state index contributed by atoms with van der Waals surface area (Å²) >= 11 is 1.54. The maximum absolute atomic E-state index is 11.4. The summed E-state index contributed by atoms with van der Waals surface area (Å²) in [7, 11) is 0. The van der Waals surface area contributed by atoms with Gasteiger partial charge >= 0.3 is 5.97 Å². The molecule has 0 aliphatic carbocycles. The van der Waals surface area contributed by atoms with Crippen LogP contribution in [0.3, 0.4) is 0 Å². The van der Waals surface area contributed by atoms with Gasteiger partial charge in [0.1, 0.15) is 6.54 Å². The van der Waals surface area contributed by atoms with Gasteiger partial charge in [-0.25, -0.2) is 5.01 Å². The molecule has 5 nitrogen and oxygen atoms in total. The van der Waals surface area contributed by atoms with Gasteiger partial charge in [-0.3, -0.25) is 9.59 Å². The zero-order valence-electron chi connectivity index (χ0n) is 8.42. The minimum atomic E-state index is -1.05. The topological polar surface area (TPSA) is 70.0 Å². The van der Waals surface area contributed by atoms with E-state index >= 15 is 0 Å². The van der Waals surface area contributed by atoms with Crippen molar-refractivity contribution in [1.29, 1.82) is 0 Å². The van der Waals surface area contributed by atoms with Crippen LogP contribution in [0.1, 0.15) is 17.7 Å². The molecular weight excluding hydrogens is 228 g/mol. The van der Waals surface area contributed by atoms with E-state index in [1.54, 1.807) is 0 Å². The molecule has 1 aromatic rings. The van der Waals surface area contributed by atoms with E-state index in [0.717, 1.165) is 15.6 Å². The molecule has 0 radical (unpaired) electrons. The number of carbonyl (C=O) groups is 2. The Hall–Kier alpha value is -1.69. The first kappa shape index (κ1) is 10.8. The number of hydrazone groups is 1. The molecule has 0 unspecified atom stereocenters. The fourth-order valence-electron chi connectivity index (χ4n) is 1.47. The molecule has 0 saturated heterocycles. The van der Waals surface area contributed by atoms with Crippen molar-refractivity contribution in [1.82, 2.24) is 5.01 Å². The second-order valence-electron chi connectivity index (χ2n) is 3.37. The molecule has 16 heavy (non-hydrogen) atoms. The van der Waals surface area contributed by atoms with Crippen LogP contribution in [0.25, 0.3) is 0 Å². The van der Waals surface area contributed by atoms with Crippen LogP contribution in [0.15, 0.2) is 22.6 Å². The number of rotatable bonds is 3. The van der Waals surface area contributed by atoms with Gasteiger partial charge in [-0.1, -0.05) is 6.07 Å². The van der Waals surface area contributed by atoms with E-state index in [9.17, 15) is 9.59 Å². The number of thiophene rings is 1. The van der Waals surface area contributed by atoms with E-state index < -0.39 is 5.97 Å². The number of nitrogens with zero attached hydrogens (tertiary/aromatic N) is 2. The standard InChI is InChI=1S/C10H10N2O3S/c13-9-4-3-7(8-2-1-5-16-8)11-12(9)6-10(14)15/h1-2,5H,3-4,6H2,(H,14,15). The average Bonchev–Trinajstić information content (AvgIpc) is 2.73. The van der Waals surface area contributed by atoms with E-state index in [0.29, 0.717) is 12.8 Å². The van der Waals surface area contributed by atoms with Crippen molar-refractivity contribution in [2.75, 3.05) is 6.54 Å². The molecule has 1 amide bonds. The van der Waals surface area contributed by atoms with E-state index in [4.69, 9.17) is 5.11 Å². The second kappa shape index (κ2) is 4.44. The Kier molecular flexibility index (Phi) is 3.00. The van der Waals surface area contributed by atoms with E-state index in [-0.39, 0.29) is 12.5 Å². The molecule has 0 spiro atoms. The van der Waals surface area contributed by atoms with Crippen LogP contribution >= 0.6 is 11.3 Å². The Morgan fingerprint density at radius 3 is 3.00 bits per heavy atom. The lowest BCUT2D eigenvalue weighted by atomic mass is 10.1. The molecule has 0 aromatic carbocycles. The van der Waals surface area contributed by atoms with Gasteiger partial charge in [0.25, 0.3) is 0 Å². The van der Waals surface area contributed by atoms with Gasteiger partial charge in [0.15, 0.2) is 0 Å². The predicted molar refractivity (Wildman–Crippen MR) is 59.4 cm³/mol. The Labute approximate surface area is 96.0 Å². The first-order chi connectivity index (χ1) is 7.66. The number of amides is 1. The van der Waals surface area contributed by atoms with Crippen LogP contribution in [0, 0.1) is 0 Å². The number of hydrogen-bond acceptors (Lipinski definition) is 4. The zero-order valence-corrected chi connectivity index (χ0v) is 9.24. The molecule has 84 valence electrons. The zero-order chi connectivity index (χ0) is 11.5. The highest BCUT2D eigenvalue weighted by molar-refractivity contribution is 7.12. The third-order valence-corrected chi connectivity index (χ3v) is 3.11. The van der Waals surface area contributed by atoms with Crippen LogP contribution < -0.4 is 0 Å². The van der Waals surface area contributed by atoms with Gasteiger partial charge in [0.05, 0.1) is 10.6 Å². The first-order valence-corrected chi connectivity index (χ1v) is 5.68. The van der Waals surface area contributed by atoms with Gasteiger partial charge in [-0.2, -0.15) is 5.10 Å². The normalized spacial score (nSPS) is 16.1. The number of aliphatic carboxylic acids is 1. The summed E-state index contributed by atoms with van der Waals surface area (Å²) in [6.45, 7) is -0.367. The second-order valence-corrected chi connectivity index (χ2v) is 4.32. The van der Waals surface area contributed by atoms with Crippen LogP contribution in [0.4, 0.5) is 0 Å². The van der Waals surface area contributed by atoms with Gasteiger partial charge < -0.3 is 5.11 Å². The molecule has 1 aliphatic heterocycles. The minimum Gasteiger partial charge on any atom is -0.480 e. The summed E-state index contributed by atoms with van der Waals surface area (Å²) < 4.78 is 0. The van der Waals surface area contributed by atoms with Crippen molar-refractivity contribution in [3.8, 4) is 0 Å². The molecule has 2 heterocycles. The van der Waals surface area contributed by atoms with Gasteiger partial charge in [-0.05, 0) is 11.4 Å². The summed E-state index contributed by atoms with van der Waals surface area (Å²) in [5.41, 5.74) is 0.788. The summed E-state index contributed by atoms with van der Waals surface area (Å²) in [6.07, 6.45) is 0.902. The van der Waals surface area contributed by atoms with Crippen molar-refractivity contribution in [2.45, 2.75) is 12.8 Å². The molecular formula is C10H10N2O3S.